The molecule has 1 atom stereocenters. The Morgan fingerprint density at radius 1 is 1.38 bits per heavy atom. The fourth-order valence-electron chi connectivity index (χ4n) is 3.40. The minimum absolute atomic E-state index is 0.191. The van der Waals surface area contributed by atoms with E-state index in [2.05, 4.69) is 31.1 Å². The zero-order valence-electron chi connectivity index (χ0n) is 16.2. The lowest BCUT2D eigenvalue weighted by atomic mass is 9.72. The molecule has 2 aromatic rings. The maximum absolute atomic E-state index is 12.9. The molecule has 0 N–H and O–H groups in total. The van der Waals surface area contributed by atoms with E-state index in [9.17, 15) is 9.59 Å². The van der Waals surface area contributed by atoms with E-state index < -0.39 is 5.97 Å². The molecule has 2 heterocycles. The first-order valence-electron chi connectivity index (χ1n) is 9.20. The molecule has 1 aliphatic carbocycles. The standard InChI is InChI=1S/C19H27N3O3S/c1-11(2)10-25-15(23)9-22-18(24)16-13-7-6-12(19(3,4)5)8-14(13)26-17(16)20-21-22/h11-12H,6-10H2,1-5H3/t12-/m0/s1. The summed E-state index contributed by atoms with van der Waals surface area (Å²) >= 11 is 1.57. The molecule has 7 heteroatoms. The number of ether oxygens (including phenoxy) is 1. The Hall–Kier alpha value is -1.76. The first-order chi connectivity index (χ1) is 12.2. The van der Waals surface area contributed by atoms with Crippen LogP contribution in [0.3, 0.4) is 0 Å². The van der Waals surface area contributed by atoms with Crippen LogP contribution in [-0.4, -0.2) is 27.6 Å². The summed E-state index contributed by atoms with van der Waals surface area (Å²) < 4.78 is 6.29. The Morgan fingerprint density at radius 2 is 2.12 bits per heavy atom. The van der Waals surface area contributed by atoms with Crippen LogP contribution in [0.15, 0.2) is 4.79 Å². The summed E-state index contributed by atoms with van der Waals surface area (Å²) in [6.07, 6.45) is 2.94. The van der Waals surface area contributed by atoms with Crippen molar-refractivity contribution in [1.29, 1.82) is 0 Å². The Bertz CT molecular complexity index is 877. The molecule has 3 rings (SSSR count). The van der Waals surface area contributed by atoms with Crippen LogP contribution in [0.2, 0.25) is 0 Å². The quantitative estimate of drug-likeness (QED) is 0.765. The lowest BCUT2D eigenvalue weighted by molar-refractivity contribution is -0.145. The van der Waals surface area contributed by atoms with Gasteiger partial charge < -0.3 is 4.74 Å². The van der Waals surface area contributed by atoms with Crippen LogP contribution in [0.25, 0.3) is 10.2 Å². The minimum atomic E-state index is -0.452. The van der Waals surface area contributed by atoms with Gasteiger partial charge in [0.15, 0.2) is 4.83 Å². The van der Waals surface area contributed by atoms with Crippen molar-refractivity contribution in [2.45, 2.75) is 60.4 Å². The molecule has 0 fully saturated rings. The summed E-state index contributed by atoms with van der Waals surface area (Å²) in [5.41, 5.74) is 1.12. The normalized spacial score (nSPS) is 17.5. The zero-order valence-corrected chi connectivity index (χ0v) is 17.0. The molecule has 2 aromatic heterocycles. The molecule has 0 saturated carbocycles. The second kappa shape index (κ2) is 7.10. The van der Waals surface area contributed by atoms with Gasteiger partial charge in [-0.05, 0) is 42.1 Å². The Morgan fingerprint density at radius 3 is 2.77 bits per heavy atom. The van der Waals surface area contributed by atoms with Crippen molar-refractivity contribution in [3.63, 3.8) is 0 Å². The highest BCUT2D eigenvalue weighted by Crippen LogP contribution is 2.41. The van der Waals surface area contributed by atoms with Crippen molar-refractivity contribution in [1.82, 2.24) is 15.0 Å². The van der Waals surface area contributed by atoms with E-state index in [1.165, 1.54) is 4.88 Å². The maximum atomic E-state index is 12.9. The Balaban J connectivity index is 1.89. The number of hydrogen-bond acceptors (Lipinski definition) is 6. The number of fused-ring (bicyclic) bond motifs is 3. The van der Waals surface area contributed by atoms with Gasteiger partial charge in [-0.2, -0.15) is 4.68 Å². The lowest BCUT2D eigenvalue weighted by Crippen LogP contribution is -2.30. The van der Waals surface area contributed by atoms with Crippen LogP contribution in [0.1, 0.15) is 51.5 Å². The molecular weight excluding hydrogens is 350 g/mol. The van der Waals surface area contributed by atoms with Gasteiger partial charge in [-0.3, -0.25) is 9.59 Å². The average Bonchev–Trinajstić information content (AvgIpc) is 2.93. The van der Waals surface area contributed by atoms with E-state index in [1.807, 2.05) is 13.8 Å². The van der Waals surface area contributed by atoms with Crippen molar-refractivity contribution < 1.29 is 9.53 Å². The Labute approximate surface area is 157 Å². The highest BCUT2D eigenvalue weighted by molar-refractivity contribution is 7.18. The monoisotopic (exact) mass is 377 g/mol. The fraction of sp³-hybridized carbons (Fsp3) is 0.684. The van der Waals surface area contributed by atoms with Crippen molar-refractivity contribution in [3.05, 3.63) is 20.8 Å². The largest absolute Gasteiger partial charge is 0.464 e. The molecule has 1 aliphatic rings. The van der Waals surface area contributed by atoms with Crippen molar-refractivity contribution in [3.8, 4) is 0 Å². The Kier molecular flexibility index (Phi) is 5.19. The van der Waals surface area contributed by atoms with Crippen LogP contribution >= 0.6 is 11.3 Å². The van der Waals surface area contributed by atoms with Crippen LogP contribution in [-0.2, 0) is 28.9 Å². The third-order valence-electron chi connectivity index (χ3n) is 5.02. The van der Waals surface area contributed by atoms with Crippen LogP contribution in [0, 0.1) is 17.3 Å². The van der Waals surface area contributed by atoms with Crippen molar-refractivity contribution >= 4 is 27.5 Å². The van der Waals surface area contributed by atoms with Crippen molar-refractivity contribution in [2.24, 2.45) is 17.3 Å². The van der Waals surface area contributed by atoms with E-state index >= 15 is 0 Å². The molecule has 0 radical (unpaired) electrons. The van der Waals surface area contributed by atoms with Gasteiger partial charge in [-0.25, -0.2) is 0 Å². The number of esters is 1. The second-order valence-corrected chi connectivity index (χ2v) is 9.70. The summed E-state index contributed by atoms with van der Waals surface area (Å²) in [5, 5.41) is 8.80. The minimum Gasteiger partial charge on any atom is -0.464 e. The van der Waals surface area contributed by atoms with E-state index in [0.29, 0.717) is 22.7 Å². The highest BCUT2D eigenvalue weighted by atomic mass is 32.1. The van der Waals surface area contributed by atoms with Crippen LogP contribution in [0.5, 0.6) is 0 Å². The highest BCUT2D eigenvalue weighted by Gasteiger charge is 2.32. The number of aryl methyl sites for hydroxylation is 1. The van der Waals surface area contributed by atoms with E-state index in [-0.39, 0.29) is 23.4 Å². The predicted molar refractivity (Wildman–Crippen MR) is 102 cm³/mol. The third kappa shape index (κ3) is 3.82. The van der Waals surface area contributed by atoms with Gasteiger partial charge in [0.2, 0.25) is 0 Å². The molecular formula is C19H27N3O3S. The second-order valence-electron chi connectivity index (χ2n) is 8.62. The number of carbonyl (C=O) groups excluding carboxylic acids is 1. The zero-order chi connectivity index (χ0) is 19.1. The number of carbonyl (C=O) groups is 1. The summed E-state index contributed by atoms with van der Waals surface area (Å²) in [7, 11) is 0. The predicted octanol–water partition coefficient (Wildman–Crippen LogP) is 3.20. The van der Waals surface area contributed by atoms with Crippen LogP contribution in [0.4, 0.5) is 0 Å². The average molecular weight is 378 g/mol. The molecule has 0 bridgehead atoms. The van der Waals surface area contributed by atoms with E-state index in [0.717, 1.165) is 29.5 Å². The van der Waals surface area contributed by atoms with Gasteiger partial charge in [-0.15, -0.1) is 16.4 Å². The number of hydrogen-bond donors (Lipinski definition) is 0. The van der Waals surface area contributed by atoms with Crippen molar-refractivity contribution in [2.75, 3.05) is 6.61 Å². The summed E-state index contributed by atoms with van der Waals surface area (Å²) in [4.78, 5) is 26.7. The molecule has 0 spiro atoms. The van der Waals surface area contributed by atoms with Gasteiger partial charge >= 0.3 is 5.97 Å². The maximum Gasteiger partial charge on any atom is 0.327 e. The third-order valence-corrected chi connectivity index (χ3v) is 6.16. The lowest BCUT2D eigenvalue weighted by Gasteiger charge is -2.33. The summed E-state index contributed by atoms with van der Waals surface area (Å²) in [6.45, 7) is 10.9. The molecule has 26 heavy (non-hydrogen) atoms. The van der Waals surface area contributed by atoms with E-state index in [1.54, 1.807) is 11.3 Å². The number of thiophene rings is 1. The van der Waals surface area contributed by atoms with Gasteiger partial charge in [-0.1, -0.05) is 39.8 Å². The molecule has 142 valence electrons. The first-order valence-corrected chi connectivity index (χ1v) is 10.0. The summed E-state index contributed by atoms with van der Waals surface area (Å²) in [6, 6.07) is 0. The topological polar surface area (TPSA) is 74.1 Å². The molecule has 0 amide bonds. The number of rotatable bonds is 4. The van der Waals surface area contributed by atoms with Gasteiger partial charge in [0, 0.05) is 4.88 Å². The molecule has 6 nitrogen and oxygen atoms in total. The van der Waals surface area contributed by atoms with Gasteiger partial charge in [0.25, 0.3) is 5.56 Å². The molecule has 0 unspecified atom stereocenters. The molecule has 0 aliphatic heterocycles. The smallest absolute Gasteiger partial charge is 0.327 e. The number of nitrogens with zero attached hydrogens (tertiary/aromatic N) is 3. The first kappa shape index (κ1) is 19.0. The SMILES string of the molecule is CC(C)COC(=O)Cn1nnc2sc3c(c2c1=O)CC[C@H](C(C)(C)C)C3. The summed E-state index contributed by atoms with van der Waals surface area (Å²) in [5.74, 6) is 0.402. The van der Waals surface area contributed by atoms with Gasteiger partial charge in [0.1, 0.15) is 6.54 Å². The molecule has 0 saturated heterocycles. The van der Waals surface area contributed by atoms with Gasteiger partial charge in [0.05, 0.1) is 12.0 Å². The number of aromatic nitrogens is 3. The van der Waals surface area contributed by atoms with Crippen LogP contribution < -0.4 is 5.56 Å². The molecule has 0 aromatic carbocycles. The van der Waals surface area contributed by atoms with E-state index in [4.69, 9.17) is 4.74 Å². The fourth-order valence-corrected chi connectivity index (χ4v) is 4.63.